The summed E-state index contributed by atoms with van der Waals surface area (Å²) in [5, 5.41) is 12.8. The first-order valence-electron chi connectivity index (χ1n) is 11.3. The normalized spacial score (nSPS) is 18.4. The van der Waals surface area contributed by atoms with Gasteiger partial charge in [-0.3, -0.25) is 9.78 Å². The van der Waals surface area contributed by atoms with Crippen LogP contribution in [-0.2, 0) is 14.9 Å². The molecule has 2 aromatic heterocycles. The molecule has 5 rings (SSSR count). The fourth-order valence-corrected chi connectivity index (χ4v) is 4.67. The van der Waals surface area contributed by atoms with Crippen LogP contribution in [-0.4, -0.2) is 41.6 Å². The number of hydrogen-bond acceptors (Lipinski definition) is 6. The number of pyridine rings is 1. The third-order valence-electron chi connectivity index (χ3n) is 6.73. The van der Waals surface area contributed by atoms with Gasteiger partial charge < -0.3 is 24.1 Å². The minimum absolute atomic E-state index is 0.230. The van der Waals surface area contributed by atoms with E-state index in [1.54, 1.807) is 31.6 Å². The highest BCUT2D eigenvalue weighted by molar-refractivity contribution is 6.04. The molecule has 0 radical (unpaired) electrons. The summed E-state index contributed by atoms with van der Waals surface area (Å²) in [6, 6.07) is 15.5. The summed E-state index contributed by atoms with van der Waals surface area (Å²) in [5.41, 5.74) is 2.08. The van der Waals surface area contributed by atoms with Gasteiger partial charge in [-0.25, -0.2) is 0 Å². The molecule has 3 aromatic rings. The van der Waals surface area contributed by atoms with E-state index >= 15 is 0 Å². The van der Waals surface area contributed by atoms with E-state index in [0.717, 1.165) is 11.4 Å². The number of carbonyl (C=O) groups is 1. The Balaban J connectivity index is 1.25. The number of amides is 1. The summed E-state index contributed by atoms with van der Waals surface area (Å²) in [6.07, 6.45) is 7.82. The van der Waals surface area contributed by atoms with Crippen molar-refractivity contribution in [3.8, 4) is 17.5 Å². The van der Waals surface area contributed by atoms with Crippen molar-refractivity contribution in [3.05, 3.63) is 72.3 Å². The lowest BCUT2D eigenvalue weighted by atomic mass is 9.70. The number of carbonyl (C=O) groups excluding carboxylic acids is 1. The molecule has 1 aromatic carbocycles. The van der Waals surface area contributed by atoms with Gasteiger partial charge in [-0.05, 0) is 55.3 Å². The van der Waals surface area contributed by atoms with Crippen LogP contribution in [0, 0.1) is 11.3 Å². The number of methoxy groups -OCH3 is 1. The highest BCUT2D eigenvalue weighted by Gasteiger charge is 2.48. The van der Waals surface area contributed by atoms with Gasteiger partial charge in [-0.1, -0.05) is 0 Å². The van der Waals surface area contributed by atoms with Gasteiger partial charge in [0.05, 0.1) is 54.9 Å². The Bertz CT molecular complexity index is 1190. The third kappa shape index (κ3) is 4.16. The molecular weight excluding hydrogens is 432 g/mol. The van der Waals surface area contributed by atoms with Crippen molar-refractivity contribution in [2.24, 2.45) is 0 Å². The zero-order valence-electron chi connectivity index (χ0n) is 19.0. The van der Waals surface area contributed by atoms with E-state index in [-0.39, 0.29) is 5.91 Å². The molecule has 174 valence electrons. The van der Waals surface area contributed by atoms with Crippen LogP contribution in [0.15, 0.2) is 61.1 Å². The molecule has 1 N–H and O–H groups in total. The Labute approximate surface area is 198 Å². The van der Waals surface area contributed by atoms with Crippen LogP contribution in [0.2, 0.25) is 0 Å². The van der Waals surface area contributed by atoms with Gasteiger partial charge in [0.2, 0.25) is 0 Å². The molecule has 1 aliphatic carbocycles. The van der Waals surface area contributed by atoms with Crippen LogP contribution < -0.4 is 10.1 Å². The summed E-state index contributed by atoms with van der Waals surface area (Å²) in [7, 11) is 1.62. The minimum atomic E-state index is -0.668. The Kier molecular flexibility index (Phi) is 5.82. The molecule has 8 nitrogen and oxygen atoms in total. The number of nitrogens with zero attached hydrogens (tertiary/aromatic N) is 3. The van der Waals surface area contributed by atoms with Gasteiger partial charge in [-0.15, -0.1) is 0 Å². The average Bonchev–Trinajstić information content (AvgIpc) is 3.56. The lowest BCUT2D eigenvalue weighted by Gasteiger charge is -2.39. The molecule has 1 saturated heterocycles. The van der Waals surface area contributed by atoms with Gasteiger partial charge in [-0.2, -0.15) is 5.26 Å². The summed E-state index contributed by atoms with van der Waals surface area (Å²) >= 11 is 0. The van der Waals surface area contributed by atoms with Gasteiger partial charge in [0, 0.05) is 30.9 Å². The smallest absolute Gasteiger partial charge is 0.257 e. The first-order valence-corrected chi connectivity index (χ1v) is 11.3. The standard InChI is InChI=1S/C26H26N4O4/c1-32-22-5-3-21(4-6-22)30-13-8-19(17-30)24(31)29-20-2-7-23(28-16-20)25(18-27)9-11-26(12-10-25)33-14-15-34-26/h2-8,13,16-17H,9-12,14-15H2,1H3,(H,29,31). The topological polar surface area (TPSA) is 98.4 Å². The molecule has 1 saturated carbocycles. The van der Waals surface area contributed by atoms with Crippen molar-refractivity contribution in [1.82, 2.24) is 9.55 Å². The number of aromatic nitrogens is 2. The Morgan fingerprint density at radius 2 is 1.82 bits per heavy atom. The molecule has 0 atom stereocenters. The monoisotopic (exact) mass is 458 g/mol. The van der Waals surface area contributed by atoms with E-state index in [0.29, 0.717) is 55.8 Å². The van der Waals surface area contributed by atoms with Crippen molar-refractivity contribution >= 4 is 11.6 Å². The fraction of sp³-hybridized carbons (Fsp3) is 0.346. The fourth-order valence-electron chi connectivity index (χ4n) is 4.67. The number of nitrogens with one attached hydrogen (secondary N) is 1. The molecule has 34 heavy (non-hydrogen) atoms. The van der Waals surface area contributed by atoms with Crippen LogP contribution in [0.4, 0.5) is 5.69 Å². The van der Waals surface area contributed by atoms with E-state index in [1.807, 2.05) is 41.1 Å². The molecule has 1 aliphatic heterocycles. The number of anilines is 1. The molecular formula is C26H26N4O4. The van der Waals surface area contributed by atoms with Gasteiger partial charge >= 0.3 is 0 Å². The Morgan fingerprint density at radius 3 is 2.44 bits per heavy atom. The largest absolute Gasteiger partial charge is 0.497 e. The van der Waals surface area contributed by atoms with E-state index in [1.165, 1.54) is 0 Å². The molecule has 1 spiro atoms. The van der Waals surface area contributed by atoms with E-state index in [2.05, 4.69) is 16.4 Å². The minimum Gasteiger partial charge on any atom is -0.497 e. The highest BCUT2D eigenvalue weighted by atomic mass is 16.7. The molecule has 2 aliphatic rings. The predicted molar refractivity (Wildman–Crippen MR) is 125 cm³/mol. The van der Waals surface area contributed by atoms with E-state index < -0.39 is 11.2 Å². The van der Waals surface area contributed by atoms with Crippen LogP contribution in [0.25, 0.3) is 5.69 Å². The van der Waals surface area contributed by atoms with Crippen molar-refractivity contribution in [2.75, 3.05) is 25.6 Å². The highest BCUT2D eigenvalue weighted by Crippen LogP contribution is 2.45. The molecule has 2 fully saturated rings. The van der Waals surface area contributed by atoms with Gasteiger partial charge in [0.15, 0.2) is 5.79 Å². The van der Waals surface area contributed by atoms with Crippen LogP contribution in [0.1, 0.15) is 41.7 Å². The molecule has 0 unspecified atom stereocenters. The van der Waals surface area contributed by atoms with E-state index in [4.69, 9.17) is 14.2 Å². The maximum absolute atomic E-state index is 12.8. The summed E-state index contributed by atoms with van der Waals surface area (Å²) in [4.78, 5) is 17.3. The predicted octanol–water partition coefficient (Wildman–Crippen LogP) is 4.21. The average molecular weight is 459 g/mol. The van der Waals surface area contributed by atoms with E-state index in [9.17, 15) is 10.1 Å². The van der Waals surface area contributed by atoms with Gasteiger partial charge in [0.1, 0.15) is 5.75 Å². The summed E-state index contributed by atoms with van der Waals surface area (Å²) in [6.45, 7) is 1.21. The maximum Gasteiger partial charge on any atom is 0.257 e. The second-order valence-corrected chi connectivity index (χ2v) is 8.69. The van der Waals surface area contributed by atoms with Crippen molar-refractivity contribution < 1.29 is 19.0 Å². The zero-order valence-corrected chi connectivity index (χ0v) is 19.0. The lowest BCUT2D eigenvalue weighted by molar-refractivity contribution is -0.182. The number of rotatable bonds is 5. The van der Waals surface area contributed by atoms with Crippen LogP contribution in [0.5, 0.6) is 5.75 Å². The molecule has 1 amide bonds. The quantitative estimate of drug-likeness (QED) is 0.615. The first kappa shape index (κ1) is 22.1. The van der Waals surface area contributed by atoms with Gasteiger partial charge in [0.25, 0.3) is 5.91 Å². The lowest BCUT2D eigenvalue weighted by Crippen LogP contribution is -2.41. The van der Waals surface area contributed by atoms with Crippen molar-refractivity contribution in [2.45, 2.75) is 36.9 Å². The summed E-state index contributed by atoms with van der Waals surface area (Å²) < 4.78 is 18.7. The number of benzene rings is 1. The van der Waals surface area contributed by atoms with Crippen LogP contribution >= 0.6 is 0 Å². The molecule has 3 heterocycles. The maximum atomic E-state index is 12.8. The second kappa shape index (κ2) is 8.93. The number of nitriles is 1. The first-order chi connectivity index (χ1) is 16.5. The SMILES string of the molecule is COc1ccc(-n2ccc(C(=O)Nc3ccc(C4(C#N)CCC5(CC4)OCCO5)nc3)c2)cc1. The van der Waals surface area contributed by atoms with Crippen LogP contribution in [0.3, 0.4) is 0 Å². The number of ether oxygens (including phenoxy) is 3. The number of hydrogen-bond donors (Lipinski definition) is 1. The Hall–Kier alpha value is -3.67. The Morgan fingerprint density at radius 1 is 1.09 bits per heavy atom. The summed E-state index contributed by atoms with van der Waals surface area (Å²) in [5.74, 6) is 0.0131. The molecule has 0 bridgehead atoms. The second-order valence-electron chi connectivity index (χ2n) is 8.69. The van der Waals surface area contributed by atoms with Crippen molar-refractivity contribution in [3.63, 3.8) is 0 Å². The van der Waals surface area contributed by atoms with Crippen molar-refractivity contribution in [1.29, 1.82) is 5.26 Å². The third-order valence-corrected chi connectivity index (χ3v) is 6.73. The zero-order chi connectivity index (χ0) is 23.6. The molecule has 8 heteroatoms.